The van der Waals surface area contributed by atoms with Crippen LogP contribution in [0, 0.1) is 5.82 Å². The van der Waals surface area contributed by atoms with Gasteiger partial charge in [0.1, 0.15) is 5.82 Å². The molecule has 0 aromatic heterocycles. The fourth-order valence-electron chi connectivity index (χ4n) is 2.35. The van der Waals surface area contributed by atoms with E-state index in [1.54, 1.807) is 6.07 Å². The number of benzene rings is 1. The van der Waals surface area contributed by atoms with Gasteiger partial charge in [0.2, 0.25) is 0 Å². The Morgan fingerprint density at radius 3 is 2.65 bits per heavy atom. The maximum Gasteiger partial charge on any atom is 0.156 e. The first-order valence-corrected chi connectivity index (χ1v) is 7.09. The van der Waals surface area contributed by atoms with Crippen LogP contribution in [0.25, 0.3) is 0 Å². The lowest BCUT2D eigenvalue weighted by atomic mass is 9.91. The second kappa shape index (κ2) is 6.20. The zero-order valence-electron chi connectivity index (χ0n) is 11.8. The van der Waals surface area contributed by atoms with Gasteiger partial charge in [-0.05, 0) is 31.5 Å². The Morgan fingerprint density at radius 1 is 1.40 bits per heavy atom. The third-order valence-corrected chi connectivity index (χ3v) is 4.20. The molecule has 0 amide bonds. The maximum atomic E-state index is 13.0. The summed E-state index contributed by atoms with van der Waals surface area (Å²) in [4.78, 5) is 14.7. The Hall–Kier alpha value is -0.970. The number of ether oxygens (including phenoxy) is 1. The third kappa shape index (κ3) is 3.37. The number of nitrogens with zero attached hydrogens (tertiary/aromatic N) is 1. The summed E-state index contributed by atoms with van der Waals surface area (Å²) in [6.45, 7) is 6.62. The zero-order valence-corrected chi connectivity index (χ0v) is 12.5. The Labute approximate surface area is 123 Å². The first kappa shape index (κ1) is 15.4. The smallest absolute Gasteiger partial charge is 0.156 e. The van der Waals surface area contributed by atoms with Gasteiger partial charge < -0.3 is 4.74 Å². The predicted molar refractivity (Wildman–Crippen MR) is 76.6 cm³/mol. The quantitative estimate of drug-likeness (QED) is 0.856. The summed E-state index contributed by atoms with van der Waals surface area (Å²) in [7, 11) is 0. The molecule has 2 rings (SSSR count). The van der Waals surface area contributed by atoms with Crippen molar-refractivity contribution in [3.8, 4) is 0 Å². The minimum Gasteiger partial charge on any atom is -0.379 e. The van der Waals surface area contributed by atoms with E-state index >= 15 is 0 Å². The van der Waals surface area contributed by atoms with Gasteiger partial charge in [0, 0.05) is 24.5 Å². The number of hydrogen-bond acceptors (Lipinski definition) is 3. The van der Waals surface area contributed by atoms with E-state index in [2.05, 4.69) is 4.90 Å². The number of morpholine rings is 1. The highest BCUT2D eigenvalue weighted by atomic mass is 35.5. The highest BCUT2D eigenvalue weighted by Crippen LogP contribution is 2.23. The van der Waals surface area contributed by atoms with Crippen LogP contribution in [0.5, 0.6) is 0 Å². The van der Waals surface area contributed by atoms with E-state index in [0.29, 0.717) is 23.8 Å². The first-order valence-electron chi connectivity index (χ1n) is 6.71. The summed E-state index contributed by atoms with van der Waals surface area (Å²) in [6.07, 6.45) is 0.212. The molecule has 1 aliphatic heterocycles. The van der Waals surface area contributed by atoms with Gasteiger partial charge in [-0.2, -0.15) is 0 Å². The molecule has 0 radical (unpaired) electrons. The van der Waals surface area contributed by atoms with E-state index in [-0.39, 0.29) is 12.2 Å². The van der Waals surface area contributed by atoms with Gasteiger partial charge in [0.15, 0.2) is 5.78 Å². The van der Waals surface area contributed by atoms with Crippen LogP contribution in [-0.2, 0) is 16.0 Å². The van der Waals surface area contributed by atoms with E-state index < -0.39 is 11.4 Å². The van der Waals surface area contributed by atoms with Crippen molar-refractivity contribution >= 4 is 17.4 Å². The Balaban J connectivity index is 2.09. The molecule has 1 heterocycles. The van der Waals surface area contributed by atoms with Crippen molar-refractivity contribution in [2.75, 3.05) is 26.3 Å². The van der Waals surface area contributed by atoms with Crippen molar-refractivity contribution in [2.24, 2.45) is 0 Å². The Kier molecular flexibility index (Phi) is 4.78. The van der Waals surface area contributed by atoms with Gasteiger partial charge in [0.05, 0.1) is 18.8 Å². The molecule has 1 aliphatic rings. The van der Waals surface area contributed by atoms with Crippen molar-refractivity contribution in [3.63, 3.8) is 0 Å². The van der Waals surface area contributed by atoms with Crippen LogP contribution in [-0.4, -0.2) is 42.5 Å². The highest BCUT2D eigenvalue weighted by Gasteiger charge is 2.35. The number of carbonyl (C=O) groups excluding carboxylic acids is 1. The van der Waals surface area contributed by atoms with E-state index in [9.17, 15) is 9.18 Å². The van der Waals surface area contributed by atoms with E-state index in [4.69, 9.17) is 16.3 Å². The average molecular weight is 300 g/mol. The third-order valence-electron chi connectivity index (χ3n) is 3.85. The first-order chi connectivity index (χ1) is 9.41. The van der Waals surface area contributed by atoms with Gasteiger partial charge in [-0.15, -0.1) is 0 Å². The fraction of sp³-hybridized carbons (Fsp3) is 0.533. The number of halogens is 2. The molecule has 1 fully saturated rings. The molecule has 1 aromatic carbocycles. The molecule has 0 unspecified atom stereocenters. The molecule has 0 atom stereocenters. The highest BCUT2D eigenvalue weighted by molar-refractivity contribution is 6.31. The molecule has 110 valence electrons. The van der Waals surface area contributed by atoms with Gasteiger partial charge in [-0.25, -0.2) is 4.39 Å². The summed E-state index contributed by atoms with van der Waals surface area (Å²) in [5.74, 6) is -0.313. The molecule has 3 nitrogen and oxygen atoms in total. The number of Topliss-reactive ketones (excluding diaryl/α,β-unsaturated/α-hetero) is 1. The van der Waals surface area contributed by atoms with E-state index in [1.165, 1.54) is 12.1 Å². The summed E-state index contributed by atoms with van der Waals surface area (Å²) in [5.41, 5.74) is 0.0982. The maximum absolute atomic E-state index is 13.0. The predicted octanol–water partition coefficient (Wildman–Crippen LogP) is 2.70. The number of hydrogen-bond donors (Lipinski definition) is 0. The number of rotatable bonds is 4. The molecule has 0 bridgehead atoms. The van der Waals surface area contributed by atoms with Crippen LogP contribution in [0.2, 0.25) is 5.02 Å². The second-order valence-corrected chi connectivity index (χ2v) is 5.90. The van der Waals surface area contributed by atoms with Gasteiger partial charge in [0.25, 0.3) is 0 Å². The van der Waals surface area contributed by atoms with Crippen LogP contribution in [0.1, 0.15) is 19.4 Å². The summed E-state index contributed by atoms with van der Waals surface area (Å²) < 4.78 is 18.3. The normalized spacial score (nSPS) is 17.2. The zero-order chi connectivity index (χ0) is 14.8. The van der Waals surface area contributed by atoms with Crippen LogP contribution in [0.3, 0.4) is 0 Å². The largest absolute Gasteiger partial charge is 0.379 e. The van der Waals surface area contributed by atoms with Crippen molar-refractivity contribution in [3.05, 3.63) is 34.6 Å². The molecule has 20 heavy (non-hydrogen) atoms. The minimum atomic E-state index is -0.568. The van der Waals surface area contributed by atoms with E-state index in [0.717, 1.165) is 13.1 Å². The lowest BCUT2D eigenvalue weighted by Crippen LogP contribution is -2.54. The van der Waals surface area contributed by atoms with Crippen LogP contribution in [0.15, 0.2) is 18.2 Å². The molecule has 0 aliphatic carbocycles. The van der Waals surface area contributed by atoms with E-state index in [1.807, 2.05) is 13.8 Å². The monoisotopic (exact) mass is 299 g/mol. The number of ketones is 1. The Morgan fingerprint density at radius 2 is 2.05 bits per heavy atom. The lowest BCUT2D eigenvalue weighted by Gasteiger charge is -2.39. The Bertz CT molecular complexity index is 499. The lowest BCUT2D eigenvalue weighted by molar-refractivity contribution is -0.131. The SMILES string of the molecule is CC(C)(C(=O)Cc1ccc(F)cc1Cl)N1CCOCC1. The molecule has 0 N–H and O–H groups in total. The fourth-order valence-corrected chi connectivity index (χ4v) is 2.59. The minimum absolute atomic E-state index is 0.0768. The molecule has 0 spiro atoms. The standard InChI is InChI=1S/C15H19ClFNO2/c1-15(2,18-5-7-20-8-6-18)14(19)9-11-3-4-12(17)10-13(11)16/h3-4,10H,5-9H2,1-2H3. The van der Waals surface area contributed by atoms with Gasteiger partial charge in [-0.1, -0.05) is 17.7 Å². The van der Waals surface area contributed by atoms with Crippen molar-refractivity contribution in [1.29, 1.82) is 0 Å². The molecule has 5 heteroatoms. The van der Waals surface area contributed by atoms with Crippen LogP contribution < -0.4 is 0 Å². The molecule has 1 aromatic rings. The van der Waals surface area contributed by atoms with Crippen LogP contribution in [0.4, 0.5) is 4.39 Å². The second-order valence-electron chi connectivity index (χ2n) is 5.49. The van der Waals surface area contributed by atoms with Crippen molar-refractivity contribution in [2.45, 2.75) is 25.8 Å². The van der Waals surface area contributed by atoms with Crippen LogP contribution >= 0.6 is 11.6 Å². The number of carbonyl (C=O) groups is 1. The summed E-state index contributed by atoms with van der Waals surface area (Å²) in [5, 5.41) is 0.302. The molecular formula is C15H19ClFNO2. The average Bonchev–Trinajstić information content (AvgIpc) is 2.42. The molecular weight excluding hydrogens is 281 g/mol. The van der Waals surface area contributed by atoms with Crippen molar-refractivity contribution < 1.29 is 13.9 Å². The summed E-state index contributed by atoms with van der Waals surface area (Å²) >= 11 is 5.98. The topological polar surface area (TPSA) is 29.5 Å². The summed E-state index contributed by atoms with van der Waals surface area (Å²) in [6, 6.07) is 4.15. The molecule has 1 saturated heterocycles. The van der Waals surface area contributed by atoms with Crippen molar-refractivity contribution in [1.82, 2.24) is 4.90 Å². The van der Waals surface area contributed by atoms with Gasteiger partial charge in [-0.3, -0.25) is 9.69 Å². The van der Waals surface area contributed by atoms with Gasteiger partial charge >= 0.3 is 0 Å². The molecule has 0 saturated carbocycles.